The number of methoxy groups -OCH3 is 2. The van der Waals surface area contributed by atoms with E-state index in [-0.39, 0.29) is 11.8 Å². The Morgan fingerprint density at radius 2 is 1.92 bits per heavy atom. The molecule has 5 heteroatoms. The van der Waals surface area contributed by atoms with Gasteiger partial charge in [-0.2, -0.15) is 5.10 Å². The van der Waals surface area contributed by atoms with Crippen molar-refractivity contribution in [3.05, 3.63) is 59.7 Å². The van der Waals surface area contributed by atoms with Gasteiger partial charge in [0.05, 0.1) is 20.4 Å². The summed E-state index contributed by atoms with van der Waals surface area (Å²) in [6.45, 7) is 0. The van der Waals surface area contributed by atoms with Crippen molar-refractivity contribution < 1.29 is 14.3 Å². The van der Waals surface area contributed by atoms with Gasteiger partial charge in [-0.15, -0.1) is 0 Å². The number of benzene rings is 2. The van der Waals surface area contributed by atoms with Gasteiger partial charge in [-0.1, -0.05) is 36.4 Å². The van der Waals surface area contributed by atoms with E-state index in [2.05, 4.69) is 22.7 Å². The zero-order valence-electron chi connectivity index (χ0n) is 13.7. The number of rotatable bonds is 6. The third kappa shape index (κ3) is 3.40. The standard InChI is InChI=1S/C19H20N2O3/c1-23-17-10-6-9-14(18(17)24-2)12-20-21-19(22)16-11-15(16)13-7-4-3-5-8-13/h3-10,12,15-16H,11H2,1-2H3,(H,21,22). The van der Waals surface area contributed by atoms with Crippen molar-refractivity contribution in [3.8, 4) is 11.5 Å². The van der Waals surface area contributed by atoms with Crippen LogP contribution in [0.1, 0.15) is 23.5 Å². The molecule has 2 unspecified atom stereocenters. The highest BCUT2D eigenvalue weighted by Gasteiger charge is 2.43. The molecule has 1 aliphatic rings. The van der Waals surface area contributed by atoms with Crippen molar-refractivity contribution in [2.75, 3.05) is 14.2 Å². The van der Waals surface area contributed by atoms with Crippen molar-refractivity contribution in [2.45, 2.75) is 12.3 Å². The van der Waals surface area contributed by atoms with E-state index >= 15 is 0 Å². The van der Waals surface area contributed by atoms with Crippen LogP contribution < -0.4 is 14.9 Å². The van der Waals surface area contributed by atoms with Gasteiger partial charge in [0.1, 0.15) is 0 Å². The fourth-order valence-electron chi connectivity index (χ4n) is 2.82. The van der Waals surface area contributed by atoms with Crippen molar-refractivity contribution in [2.24, 2.45) is 11.0 Å². The Kier molecular flexibility index (Phi) is 4.79. The van der Waals surface area contributed by atoms with Gasteiger partial charge in [-0.05, 0) is 30.0 Å². The van der Waals surface area contributed by atoms with Crippen LogP contribution in [0.2, 0.25) is 0 Å². The van der Waals surface area contributed by atoms with Gasteiger partial charge in [0, 0.05) is 11.5 Å². The maximum absolute atomic E-state index is 12.2. The lowest BCUT2D eigenvalue weighted by atomic mass is 10.1. The Balaban J connectivity index is 1.61. The number of nitrogens with one attached hydrogen (secondary N) is 1. The van der Waals surface area contributed by atoms with E-state index in [0.29, 0.717) is 17.4 Å². The molecule has 0 aromatic heterocycles. The average molecular weight is 324 g/mol. The smallest absolute Gasteiger partial charge is 0.243 e. The predicted octanol–water partition coefficient (Wildman–Crippen LogP) is 2.96. The highest BCUT2D eigenvalue weighted by atomic mass is 16.5. The zero-order valence-corrected chi connectivity index (χ0v) is 13.7. The molecule has 2 aromatic carbocycles. The second-order valence-corrected chi connectivity index (χ2v) is 5.68. The number of hydrazone groups is 1. The molecule has 1 aliphatic carbocycles. The molecule has 1 fully saturated rings. The lowest BCUT2D eigenvalue weighted by Crippen LogP contribution is -2.20. The average Bonchev–Trinajstić information content (AvgIpc) is 3.43. The van der Waals surface area contributed by atoms with E-state index in [0.717, 1.165) is 12.0 Å². The van der Waals surface area contributed by atoms with Crippen LogP contribution in [-0.4, -0.2) is 26.3 Å². The van der Waals surface area contributed by atoms with Gasteiger partial charge >= 0.3 is 0 Å². The normalized spacial score (nSPS) is 19.1. The molecule has 3 rings (SSSR count). The Bertz CT molecular complexity index is 744. The quantitative estimate of drug-likeness (QED) is 0.656. The number of ether oxygens (including phenoxy) is 2. The first-order valence-corrected chi connectivity index (χ1v) is 7.83. The van der Waals surface area contributed by atoms with E-state index in [4.69, 9.17) is 9.47 Å². The first-order valence-electron chi connectivity index (χ1n) is 7.83. The number of nitrogens with zero attached hydrogens (tertiary/aromatic N) is 1. The zero-order chi connectivity index (χ0) is 16.9. The highest BCUT2D eigenvalue weighted by molar-refractivity contribution is 5.88. The Labute approximate surface area is 141 Å². The van der Waals surface area contributed by atoms with Gasteiger partial charge in [0.15, 0.2) is 11.5 Å². The Morgan fingerprint density at radius 3 is 2.62 bits per heavy atom. The molecule has 0 saturated heterocycles. The van der Waals surface area contributed by atoms with Crippen LogP contribution in [0, 0.1) is 5.92 Å². The maximum Gasteiger partial charge on any atom is 0.243 e. The predicted molar refractivity (Wildman–Crippen MR) is 92.6 cm³/mol. The summed E-state index contributed by atoms with van der Waals surface area (Å²) in [4.78, 5) is 12.2. The largest absolute Gasteiger partial charge is 0.493 e. The molecule has 5 nitrogen and oxygen atoms in total. The highest BCUT2D eigenvalue weighted by Crippen LogP contribution is 2.47. The topological polar surface area (TPSA) is 59.9 Å². The molecule has 1 N–H and O–H groups in total. The fourth-order valence-corrected chi connectivity index (χ4v) is 2.82. The van der Waals surface area contributed by atoms with Gasteiger partial charge in [0.25, 0.3) is 0 Å². The van der Waals surface area contributed by atoms with Crippen LogP contribution >= 0.6 is 0 Å². The van der Waals surface area contributed by atoms with E-state index in [9.17, 15) is 4.79 Å². The molecule has 0 radical (unpaired) electrons. The molecule has 1 amide bonds. The van der Waals surface area contributed by atoms with Crippen LogP contribution in [0.15, 0.2) is 53.6 Å². The van der Waals surface area contributed by atoms with Crippen LogP contribution in [-0.2, 0) is 4.79 Å². The summed E-state index contributed by atoms with van der Waals surface area (Å²) in [7, 11) is 3.15. The molecule has 2 atom stereocenters. The number of hydrogen-bond donors (Lipinski definition) is 1. The summed E-state index contributed by atoms with van der Waals surface area (Å²) >= 11 is 0. The Hall–Kier alpha value is -2.82. The molecule has 0 spiro atoms. The van der Waals surface area contributed by atoms with Gasteiger partial charge < -0.3 is 9.47 Å². The Morgan fingerprint density at radius 1 is 1.12 bits per heavy atom. The SMILES string of the molecule is COc1cccc(C=NNC(=O)C2CC2c2ccccc2)c1OC. The number of carbonyl (C=O) groups excluding carboxylic acids is 1. The number of para-hydroxylation sites is 1. The lowest BCUT2D eigenvalue weighted by molar-refractivity contribution is -0.122. The summed E-state index contributed by atoms with van der Waals surface area (Å²) in [5, 5.41) is 4.05. The third-order valence-electron chi connectivity index (χ3n) is 4.17. The number of carbonyl (C=O) groups is 1. The fraction of sp³-hybridized carbons (Fsp3) is 0.263. The number of amides is 1. The van der Waals surface area contributed by atoms with Gasteiger partial charge in [-0.3, -0.25) is 4.79 Å². The van der Waals surface area contributed by atoms with E-state index < -0.39 is 0 Å². The molecule has 124 valence electrons. The van der Waals surface area contributed by atoms with E-state index in [1.54, 1.807) is 20.4 Å². The summed E-state index contributed by atoms with van der Waals surface area (Å²) in [5.74, 6) is 1.46. The molecule has 2 aromatic rings. The maximum atomic E-state index is 12.2. The van der Waals surface area contributed by atoms with Gasteiger partial charge in [-0.25, -0.2) is 5.43 Å². The molecule has 1 saturated carbocycles. The first kappa shape index (κ1) is 16.1. The van der Waals surface area contributed by atoms with Crippen LogP contribution in [0.4, 0.5) is 0 Å². The van der Waals surface area contributed by atoms with E-state index in [1.807, 2.05) is 36.4 Å². The minimum atomic E-state index is -0.0537. The second kappa shape index (κ2) is 7.17. The van der Waals surface area contributed by atoms with Crippen LogP contribution in [0.5, 0.6) is 11.5 Å². The van der Waals surface area contributed by atoms with Gasteiger partial charge in [0.2, 0.25) is 5.91 Å². The van der Waals surface area contributed by atoms with Crippen LogP contribution in [0.3, 0.4) is 0 Å². The molecular weight excluding hydrogens is 304 g/mol. The summed E-state index contributed by atoms with van der Waals surface area (Å²) in [5.41, 5.74) is 4.56. The molecule has 24 heavy (non-hydrogen) atoms. The number of hydrogen-bond acceptors (Lipinski definition) is 4. The molecule has 0 bridgehead atoms. The minimum absolute atomic E-state index is 0.00300. The van der Waals surface area contributed by atoms with Crippen molar-refractivity contribution in [1.29, 1.82) is 0 Å². The van der Waals surface area contributed by atoms with Crippen molar-refractivity contribution >= 4 is 12.1 Å². The third-order valence-corrected chi connectivity index (χ3v) is 4.17. The summed E-state index contributed by atoms with van der Waals surface area (Å²) < 4.78 is 10.6. The first-order chi connectivity index (χ1) is 11.7. The molecule has 0 aliphatic heterocycles. The lowest BCUT2D eigenvalue weighted by Gasteiger charge is -2.09. The van der Waals surface area contributed by atoms with Crippen molar-refractivity contribution in [1.82, 2.24) is 5.43 Å². The van der Waals surface area contributed by atoms with E-state index in [1.165, 1.54) is 5.56 Å². The van der Waals surface area contributed by atoms with Crippen LogP contribution in [0.25, 0.3) is 0 Å². The molecule has 0 heterocycles. The minimum Gasteiger partial charge on any atom is -0.493 e. The summed E-state index contributed by atoms with van der Waals surface area (Å²) in [6.07, 6.45) is 2.44. The second-order valence-electron chi connectivity index (χ2n) is 5.68. The molecular formula is C19H20N2O3. The monoisotopic (exact) mass is 324 g/mol. The summed E-state index contributed by atoms with van der Waals surface area (Å²) in [6, 6.07) is 15.6. The van der Waals surface area contributed by atoms with Crippen molar-refractivity contribution in [3.63, 3.8) is 0 Å².